The molecule has 3 nitrogen and oxygen atoms in total. The van der Waals surface area contributed by atoms with E-state index in [-0.39, 0.29) is 12.1 Å². The van der Waals surface area contributed by atoms with Crippen LogP contribution < -0.4 is 11.5 Å². The third kappa shape index (κ3) is 20.4. The Balaban J connectivity index is 3.27. The average Bonchev–Trinajstić information content (AvgIpc) is 2.67. The highest BCUT2D eigenvalue weighted by Crippen LogP contribution is 2.15. The molecule has 164 valence electrons. The molecule has 0 amide bonds. The number of nitrogens with two attached hydrogens (primary N) is 2. The molecule has 0 saturated carbocycles. The maximum Gasteiger partial charge on any atom is 0.0691 e. The van der Waals surface area contributed by atoms with Gasteiger partial charge in [0.2, 0.25) is 0 Å². The Labute approximate surface area is 171 Å². The number of hydrogen-bond donors (Lipinski definition) is 3. The van der Waals surface area contributed by atoms with Crippen LogP contribution in [0.15, 0.2) is 0 Å². The van der Waals surface area contributed by atoms with Gasteiger partial charge in [0.1, 0.15) is 0 Å². The molecule has 5 N–H and O–H groups in total. The van der Waals surface area contributed by atoms with Crippen LogP contribution in [-0.4, -0.2) is 23.8 Å². The van der Waals surface area contributed by atoms with Crippen molar-refractivity contribution in [1.29, 1.82) is 0 Å². The molecule has 0 aromatic carbocycles. The third-order valence-corrected chi connectivity index (χ3v) is 5.84. The van der Waals surface area contributed by atoms with Crippen molar-refractivity contribution in [3.05, 3.63) is 0 Å². The van der Waals surface area contributed by atoms with Gasteiger partial charge in [-0.3, -0.25) is 0 Å². The molecule has 0 heterocycles. The van der Waals surface area contributed by atoms with Gasteiger partial charge in [-0.25, -0.2) is 0 Å². The summed E-state index contributed by atoms with van der Waals surface area (Å²) in [6.45, 7) is 3.08. The smallest absolute Gasteiger partial charge is 0.0691 e. The lowest BCUT2D eigenvalue weighted by molar-refractivity contribution is 0.126. The van der Waals surface area contributed by atoms with Gasteiger partial charge in [-0.2, -0.15) is 0 Å². The van der Waals surface area contributed by atoms with E-state index >= 15 is 0 Å². The summed E-state index contributed by atoms with van der Waals surface area (Å²) >= 11 is 0. The number of aliphatic hydroxyl groups is 1. The first kappa shape index (κ1) is 26.9. The van der Waals surface area contributed by atoms with Crippen LogP contribution in [0.1, 0.15) is 135 Å². The number of unbranched alkanes of at least 4 members (excludes halogenated alkanes) is 16. The Morgan fingerprint density at radius 2 is 0.926 bits per heavy atom. The summed E-state index contributed by atoms with van der Waals surface area (Å²) in [5.41, 5.74) is 11.6. The molecule has 1 unspecified atom stereocenters. The first-order valence-corrected chi connectivity index (χ1v) is 12.4. The van der Waals surface area contributed by atoms with Gasteiger partial charge in [-0.05, 0) is 25.8 Å². The van der Waals surface area contributed by atoms with Gasteiger partial charge in [0, 0.05) is 6.04 Å². The second-order valence-electron chi connectivity index (χ2n) is 8.61. The van der Waals surface area contributed by atoms with E-state index in [0.717, 1.165) is 38.6 Å². The predicted octanol–water partition coefficient (Wildman–Crippen LogP) is 6.46. The third-order valence-electron chi connectivity index (χ3n) is 5.84. The standard InChI is InChI=1S/C24H52N2O/c1-2-3-4-5-6-7-8-9-10-11-12-15-18-21-24(27)23(26)20-17-14-13-16-19-22-25/h23-24,27H,2-22,25-26H2,1H3/t23?,24-/m1/s1. The zero-order chi connectivity index (χ0) is 20.0. The predicted molar refractivity (Wildman–Crippen MR) is 121 cm³/mol. The van der Waals surface area contributed by atoms with E-state index in [1.54, 1.807) is 0 Å². The number of rotatable bonds is 22. The molecular weight excluding hydrogens is 332 g/mol. The molecule has 0 aliphatic carbocycles. The quantitative estimate of drug-likeness (QED) is 0.188. The Morgan fingerprint density at radius 1 is 0.556 bits per heavy atom. The SMILES string of the molecule is CCCCCCCCCCCCCCC[C@@H](O)C(N)CCCCCCCN. The van der Waals surface area contributed by atoms with Crippen molar-refractivity contribution >= 4 is 0 Å². The summed E-state index contributed by atoms with van der Waals surface area (Å²) in [6.07, 6.45) is 25.3. The van der Waals surface area contributed by atoms with Crippen LogP contribution in [0.25, 0.3) is 0 Å². The molecule has 0 fully saturated rings. The average molecular weight is 385 g/mol. The molecule has 0 spiro atoms. The van der Waals surface area contributed by atoms with Crippen LogP contribution in [-0.2, 0) is 0 Å². The minimum absolute atomic E-state index is 0.0307. The summed E-state index contributed by atoms with van der Waals surface area (Å²) < 4.78 is 0. The highest BCUT2D eigenvalue weighted by molar-refractivity contribution is 4.71. The second-order valence-corrected chi connectivity index (χ2v) is 8.61. The maximum atomic E-state index is 10.2. The number of hydrogen-bond acceptors (Lipinski definition) is 3. The van der Waals surface area contributed by atoms with Crippen LogP contribution in [0.3, 0.4) is 0 Å². The lowest BCUT2D eigenvalue weighted by Gasteiger charge is -2.18. The van der Waals surface area contributed by atoms with Crippen LogP contribution in [0.2, 0.25) is 0 Å². The van der Waals surface area contributed by atoms with Gasteiger partial charge in [0.15, 0.2) is 0 Å². The van der Waals surface area contributed by atoms with E-state index in [2.05, 4.69) is 6.92 Å². The fourth-order valence-electron chi connectivity index (χ4n) is 3.83. The first-order valence-electron chi connectivity index (χ1n) is 12.4. The zero-order valence-corrected chi connectivity index (χ0v) is 18.6. The van der Waals surface area contributed by atoms with Crippen LogP contribution in [0.5, 0.6) is 0 Å². The van der Waals surface area contributed by atoms with Gasteiger partial charge in [0.25, 0.3) is 0 Å². The van der Waals surface area contributed by atoms with E-state index in [0.29, 0.717) is 0 Å². The van der Waals surface area contributed by atoms with E-state index in [4.69, 9.17) is 11.5 Å². The van der Waals surface area contributed by atoms with Crippen molar-refractivity contribution in [3.8, 4) is 0 Å². The Kier molecular flexibility index (Phi) is 22.1. The summed E-state index contributed by atoms with van der Waals surface area (Å²) in [6, 6.07) is -0.0307. The number of aliphatic hydroxyl groups excluding tert-OH is 1. The highest BCUT2D eigenvalue weighted by atomic mass is 16.3. The Morgan fingerprint density at radius 3 is 1.37 bits per heavy atom. The maximum absolute atomic E-state index is 10.2. The molecule has 2 atom stereocenters. The molecule has 0 saturated heterocycles. The van der Waals surface area contributed by atoms with Crippen molar-refractivity contribution < 1.29 is 5.11 Å². The van der Waals surface area contributed by atoms with E-state index in [9.17, 15) is 5.11 Å². The minimum atomic E-state index is -0.304. The van der Waals surface area contributed by atoms with Crippen molar-refractivity contribution in [2.45, 2.75) is 147 Å². The molecule has 0 radical (unpaired) electrons. The largest absolute Gasteiger partial charge is 0.392 e. The molecule has 0 aromatic heterocycles. The lowest BCUT2D eigenvalue weighted by atomic mass is 9.98. The Bertz CT molecular complexity index is 273. The molecule has 0 aliphatic heterocycles. The van der Waals surface area contributed by atoms with Gasteiger partial charge in [0.05, 0.1) is 6.10 Å². The van der Waals surface area contributed by atoms with Crippen LogP contribution in [0, 0.1) is 0 Å². The summed E-state index contributed by atoms with van der Waals surface area (Å²) in [5, 5.41) is 10.2. The first-order chi connectivity index (χ1) is 13.2. The van der Waals surface area contributed by atoms with Gasteiger partial charge in [-0.1, -0.05) is 116 Å². The van der Waals surface area contributed by atoms with Crippen molar-refractivity contribution in [2.75, 3.05) is 6.54 Å². The molecule has 3 heteroatoms. The fourth-order valence-corrected chi connectivity index (χ4v) is 3.83. The summed E-state index contributed by atoms with van der Waals surface area (Å²) in [7, 11) is 0. The Hall–Kier alpha value is -0.120. The summed E-state index contributed by atoms with van der Waals surface area (Å²) in [5.74, 6) is 0. The van der Waals surface area contributed by atoms with Crippen molar-refractivity contribution in [2.24, 2.45) is 11.5 Å². The fraction of sp³-hybridized carbons (Fsp3) is 1.00. The van der Waals surface area contributed by atoms with Gasteiger partial charge < -0.3 is 16.6 Å². The van der Waals surface area contributed by atoms with Crippen molar-refractivity contribution in [1.82, 2.24) is 0 Å². The molecule has 0 rings (SSSR count). The molecule has 0 aliphatic rings. The lowest BCUT2D eigenvalue weighted by Crippen LogP contribution is -2.34. The van der Waals surface area contributed by atoms with Gasteiger partial charge >= 0.3 is 0 Å². The molecule has 27 heavy (non-hydrogen) atoms. The van der Waals surface area contributed by atoms with Crippen LogP contribution in [0.4, 0.5) is 0 Å². The van der Waals surface area contributed by atoms with E-state index < -0.39 is 0 Å². The van der Waals surface area contributed by atoms with E-state index in [1.165, 1.54) is 96.3 Å². The van der Waals surface area contributed by atoms with Crippen LogP contribution >= 0.6 is 0 Å². The van der Waals surface area contributed by atoms with Gasteiger partial charge in [-0.15, -0.1) is 0 Å². The zero-order valence-electron chi connectivity index (χ0n) is 18.6. The van der Waals surface area contributed by atoms with E-state index in [1.807, 2.05) is 0 Å². The minimum Gasteiger partial charge on any atom is -0.392 e. The highest BCUT2D eigenvalue weighted by Gasteiger charge is 2.13. The molecular formula is C24H52N2O. The van der Waals surface area contributed by atoms with Crippen molar-refractivity contribution in [3.63, 3.8) is 0 Å². The second kappa shape index (κ2) is 22.2. The molecule has 0 bridgehead atoms. The molecule has 0 aromatic rings. The monoisotopic (exact) mass is 384 g/mol. The normalized spacial score (nSPS) is 13.8. The topological polar surface area (TPSA) is 72.3 Å². The summed E-state index contributed by atoms with van der Waals surface area (Å²) in [4.78, 5) is 0.